The Morgan fingerprint density at radius 2 is 2.07 bits per heavy atom. The summed E-state index contributed by atoms with van der Waals surface area (Å²) in [5, 5.41) is 10.3. The maximum atomic E-state index is 13.2. The lowest BCUT2D eigenvalue weighted by molar-refractivity contribution is -0.113. The minimum Gasteiger partial charge on any atom is -0.348 e. The van der Waals surface area contributed by atoms with Gasteiger partial charge in [0.2, 0.25) is 5.91 Å². The Labute approximate surface area is 169 Å². The third-order valence-corrected chi connectivity index (χ3v) is 4.98. The number of anilines is 1. The van der Waals surface area contributed by atoms with Gasteiger partial charge in [0.15, 0.2) is 11.5 Å². The van der Waals surface area contributed by atoms with E-state index >= 15 is 0 Å². The van der Waals surface area contributed by atoms with Crippen LogP contribution in [0.4, 0.5) is 10.1 Å². The summed E-state index contributed by atoms with van der Waals surface area (Å²) >= 11 is 1.21. The van der Waals surface area contributed by atoms with Crippen LogP contribution in [0.5, 0.6) is 0 Å². The molecule has 3 aromatic rings. The minimum atomic E-state index is -0.416. The summed E-state index contributed by atoms with van der Waals surface area (Å²) in [6.07, 6.45) is 5.03. The highest BCUT2D eigenvalue weighted by atomic mass is 32.2. The predicted octanol–water partition coefficient (Wildman–Crippen LogP) is 2.42. The first kappa shape index (κ1) is 19.1. The molecule has 0 aliphatic heterocycles. The van der Waals surface area contributed by atoms with E-state index in [0.29, 0.717) is 22.2 Å². The van der Waals surface area contributed by atoms with Crippen LogP contribution >= 0.6 is 11.8 Å². The van der Waals surface area contributed by atoms with Crippen LogP contribution in [0.25, 0.3) is 5.82 Å². The standard InChI is InChI=1S/C19H17FN6O2S/c20-12-2-1-3-14(8-12)23-17(27)10-29-18-9-16(21-11-22-18)26-7-6-15(25-26)19(28)24-13-4-5-13/h1-3,6-9,11,13H,4-5,10H2,(H,23,27)(H,24,28). The van der Waals surface area contributed by atoms with E-state index in [-0.39, 0.29) is 23.6 Å². The van der Waals surface area contributed by atoms with E-state index in [1.54, 1.807) is 24.4 Å². The second-order valence-electron chi connectivity index (χ2n) is 6.45. The van der Waals surface area contributed by atoms with Crippen LogP contribution in [0.2, 0.25) is 0 Å². The van der Waals surface area contributed by atoms with Gasteiger partial charge in [0.1, 0.15) is 17.2 Å². The molecule has 4 rings (SSSR count). The highest BCUT2D eigenvalue weighted by molar-refractivity contribution is 7.99. The number of thioether (sulfide) groups is 1. The number of benzene rings is 1. The molecule has 1 aliphatic carbocycles. The molecular formula is C19H17FN6O2S. The van der Waals surface area contributed by atoms with Crippen LogP contribution in [0.1, 0.15) is 23.3 Å². The molecule has 0 spiro atoms. The van der Waals surface area contributed by atoms with E-state index in [1.807, 2.05) is 0 Å². The summed E-state index contributed by atoms with van der Waals surface area (Å²) in [5.41, 5.74) is 0.715. The molecule has 29 heavy (non-hydrogen) atoms. The summed E-state index contributed by atoms with van der Waals surface area (Å²) in [7, 11) is 0. The van der Waals surface area contributed by atoms with Crippen LogP contribution in [-0.4, -0.2) is 43.4 Å². The molecular weight excluding hydrogens is 395 g/mol. The Hall–Kier alpha value is -3.27. The molecule has 0 atom stereocenters. The lowest BCUT2D eigenvalue weighted by atomic mass is 10.3. The normalized spacial score (nSPS) is 13.1. The zero-order valence-electron chi connectivity index (χ0n) is 15.2. The number of hydrogen-bond acceptors (Lipinski definition) is 6. The fourth-order valence-electron chi connectivity index (χ4n) is 2.50. The van der Waals surface area contributed by atoms with E-state index < -0.39 is 5.82 Å². The van der Waals surface area contributed by atoms with Gasteiger partial charge in [-0.05, 0) is 37.1 Å². The van der Waals surface area contributed by atoms with Crippen molar-refractivity contribution >= 4 is 29.3 Å². The fraction of sp³-hybridized carbons (Fsp3) is 0.211. The Morgan fingerprint density at radius 1 is 1.21 bits per heavy atom. The van der Waals surface area contributed by atoms with Gasteiger partial charge in [-0.2, -0.15) is 5.10 Å². The van der Waals surface area contributed by atoms with Crippen LogP contribution in [0.3, 0.4) is 0 Å². The monoisotopic (exact) mass is 412 g/mol. The number of nitrogens with one attached hydrogen (secondary N) is 2. The molecule has 2 aromatic heterocycles. The zero-order chi connectivity index (χ0) is 20.2. The molecule has 0 radical (unpaired) electrons. The van der Waals surface area contributed by atoms with Gasteiger partial charge in [0, 0.05) is 24.0 Å². The number of hydrogen-bond donors (Lipinski definition) is 2. The molecule has 0 bridgehead atoms. The molecule has 148 valence electrons. The van der Waals surface area contributed by atoms with Gasteiger partial charge in [-0.15, -0.1) is 0 Å². The Morgan fingerprint density at radius 3 is 2.86 bits per heavy atom. The predicted molar refractivity (Wildman–Crippen MR) is 105 cm³/mol. The fourth-order valence-corrected chi connectivity index (χ4v) is 3.16. The van der Waals surface area contributed by atoms with Crippen LogP contribution < -0.4 is 10.6 Å². The summed E-state index contributed by atoms with van der Waals surface area (Å²) in [6.45, 7) is 0. The molecule has 1 aliphatic rings. The van der Waals surface area contributed by atoms with Gasteiger partial charge in [0.05, 0.1) is 5.75 Å². The number of rotatable bonds is 7. The number of amides is 2. The molecule has 1 fully saturated rings. The summed E-state index contributed by atoms with van der Waals surface area (Å²) in [4.78, 5) is 32.4. The molecule has 2 amide bonds. The number of carbonyl (C=O) groups excluding carboxylic acids is 2. The Bertz CT molecular complexity index is 1050. The topological polar surface area (TPSA) is 102 Å². The van der Waals surface area contributed by atoms with Crippen molar-refractivity contribution in [2.45, 2.75) is 23.9 Å². The quantitative estimate of drug-likeness (QED) is 0.457. The van der Waals surface area contributed by atoms with E-state index in [2.05, 4.69) is 25.7 Å². The molecule has 2 N–H and O–H groups in total. The SMILES string of the molecule is O=C(CSc1cc(-n2ccc(C(=O)NC3CC3)n2)ncn1)Nc1cccc(F)c1. The van der Waals surface area contributed by atoms with E-state index in [1.165, 1.54) is 41.0 Å². The average molecular weight is 412 g/mol. The van der Waals surface area contributed by atoms with Crippen molar-refractivity contribution in [3.8, 4) is 5.82 Å². The highest BCUT2D eigenvalue weighted by Crippen LogP contribution is 2.20. The summed E-state index contributed by atoms with van der Waals surface area (Å²) in [6, 6.07) is 9.26. The summed E-state index contributed by atoms with van der Waals surface area (Å²) < 4.78 is 14.7. The van der Waals surface area contributed by atoms with Crippen molar-refractivity contribution < 1.29 is 14.0 Å². The third kappa shape index (κ3) is 5.17. The molecule has 2 heterocycles. The van der Waals surface area contributed by atoms with Crippen LogP contribution in [0, 0.1) is 5.82 Å². The number of carbonyl (C=O) groups is 2. The van der Waals surface area contributed by atoms with Crippen molar-refractivity contribution in [1.82, 2.24) is 25.1 Å². The highest BCUT2D eigenvalue weighted by Gasteiger charge is 2.24. The van der Waals surface area contributed by atoms with Gasteiger partial charge in [-0.1, -0.05) is 17.8 Å². The van der Waals surface area contributed by atoms with Gasteiger partial charge in [-0.3, -0.25) is 9.59 Å². The average Bonchev–Trinajstić information content (AvgIpc) is 3.38. The molecule has 0 saturated heterocycles. The third-order valence-electron chi connectivity index (χ3n) is 4.06. The van der Waals surface area contributed by atoms with Crippen molar-refractivity contribution in [2.75, 3.05) is 11.1 Å². The first-order valence-corrected chi connectivity index (χ1v) is 9.92. The number of aromatic nitrogens is 4. The summed E-state index contributed by atoms with van der Waals surface area (Å²) in [5.74, 6) is -0.317. The van der Waals surface area contributed by atoms with E-state index in [4.69, 9.17) is 0 Å². The maximum Gasteiger partial charge on any atom is 0.272 e. The second-order valence-corrected chi connectivity index (χ2v) is 7.45. The van der Waals surface area contributed by atoms with Crippen molar-refractivity contribution in [1.29, 1.82) is 0 Å². The van der Waals surface area contributed by atoms with Crippen LogP contribution in [0.15, 0.2) is 53.9 Å². The molecule has 10 heteroatoms. The minimum absolute atomic E-state index is 0.0983. The Kier molecular flexibility index (Phi) is 5.52. The van der Waals surface area contributed by atoms with Gasteiger partial charge < -0.3 is 10.6 Å². The van der Waals surface area contributed by atoms with Crippen molar-refractivity contribution in [3.63, 3.8) is 0 Å². The van der Waals surface area contributed by atoms with E-state index in [9.17, 15) is 14.0 Å². The Balaban J connectivity index is 1.36. The van der Waals surface area contributed by atoms with Crippen LogP contribution in [-0.2, 0) is 4.79 Å². The van der Waals surface area contributed by atoms with Gasteiger partial charge in [0.25, 0.3) is 5.91 Å². The first-order chi connectivity index (χ1) is 14.1. The number of halogens is 1. The maximum absolute atomic E-state index is 13.2. The molecule has 1 saturated carbocycles. The van der Waals surface area contributed by atoms with Gasteiger partial charge >= 0.3 is 0 Å². The lowest BCUT2D eigenvalue weighted by Gasteiger charge is -2.06. The van der Waals surface area contributed by atoms with E-state index in [0.717, 1.165) is 12.8 Å². The lowest BCUT2D eigenvalue weighted by Crippen LogP contribution is -2.25. The molecule has 8 nitrogen and oxygen atoms in total. The molecule has 0 unspecified atom stereocenters. The zero-order valence-corrected chi connectivity index (χ0v) is 16.0. The van der Waals surface area contributed by atoms with Crippen molar-refractivity contribution in [3.05, 3.63) is 60.4 Å². The second kappa shape index (κ2) is 8.39. The van der Waals surface area contributed by atoms with Gasteiger partial charge in [-0.25, -0.2) is 19.0 Å². The molecule has 1 aromatic carbocycles. The van der Waals surface area contributed by atoms with Crippen molar-refractivity contribution in [2.24, 2.45) is 0 Å². The first-order valence-electron chi connectivity index (χ1n) is 8.94. The number of nitrogens with zero attached hydrogens (tertiary/aromatic N) is 4. The largest absolute Gasteiger partial charge is 0.348 e. The smallest absolute Gasteiger partial charge is 0.272 e.